The molecule has 1 saturated heterocycles. The van der Waals surface area contributed by atoms with Gasteiger partial charge in [0.1, 0.15) is 0 Å². The van der Waals surface area contributed by atoms with Crippen LogP contribution in [-0.2, 0) is 16.0 Å². The lowest BCUT2D eigenvalue weighted by Gasteiger charge is -2.32. The smallest absolute Gasteiger partial charge is 0.303 e. The number of aliphatic hydroxyl groups excluding tert-OH is 3. The number of aryl methyl sites for hydroxylation is 1. The fourth-order valence-electron chi connectivity index (χ4n) is 6.18. The molecule has 1 heterocycles. The van der Waals surface area contributed by atoms with Crippen LogP contribution in [0.25, 0.3) is 0 Å². The van der Waals surface area contributed by atoms with Gasteiger partial charge in [-0.15, -0.1) is 0 Å². The van der Waals surface area contributed by atoms with Gasteiger partial charge in [0.2, 0.25) is 5.91 Å². The van der Waals surface area contributed by atoms with E-state index in [2.05, 4.69) is 29.7 Å². The van der Waals surface area contributed by atoms with Crippen molar-refractivity contribution >= 4 is 11.9 Å². The average molecular weight is 645 g/mol. The van der Waals surface area contributed by atoms with E-state index in [9.17, 15) is 30.0 Å². The third kappa shape index (κ3) is 16.3. The van der Waals surface area contributed by atoms with Crippen LogP contribution in [0.15, 0.2) is 53.6 Å². The molecule has 1 amide bonds. The molecule has 46 heavy (non-hydrogen) atoms. The third-order valence-corrected chi connectivity index (χ3v) is 8.86. The molecule has 0 aliphatic carbocycles. The van der Waals surface area contributed by atoms with Crippen molar-refractivity contribution < 1.29 is 35.1 Å². The van der Waals surface area contributed by atoms with Crippen LogP contribution in [0, 0.1) is 5.92 Å². The Morgan fingerprint density at radius 1 is 1.07 bits per heavy atom. The number of carbonyl (C=O) groups excluding carboxylic acids is 1. The highest BCUT2D eigenvalue weighted by Gasteiger charge is 2.33. The van der Waals surface area contributed by atoms with E-state index < -0.39 is 30.4 Å². The van der Waals surface area contributed by atoms with Gasteiger partial charge in [-0.2, -0.15) is 0 Å². The number of allylic oxidation sites excluding steroid dienone is 2. The van der Waals surface area contributed by atoms with E-state index >= 15 is 0 Å². The summed E-state index contributed by atoms with van der Waals surface area (Å²) in [5.74, 6) is -1.07. The van der Waals surface area contributed by atoms with Gasteiger partial charge in [0.15, 0.2) is 0 Å². The summed E-state index contributed by atoms with van der Waals surface area (Å²) in [5, 5.41) is 58.2. The summed E-state index contributed by atoms with van der Waals surface area (Å²) in [7, 11) is 0. The summed E-state index contributed by atoms with van der Waals surface area (Å²) in [6.07, 6.45) is 12.5. The lowest BCUT2D eigenvalue weighted by Crippen LogP contribution is -2.45. The molecule has 1 aromatic rings. The first-order valence-electron chi connectivity index (χ1n) is 17.4. The van der Waals surface area contributed by atoms with Gasteiger partial charge < -0.3 is 36.2 Å². The Balaban J connectivity index is 2.41. The van der Waals surface area contributed by atoms with Crippen LogP contribution >= 0.6 is 0 Å². The van der Waals surface area contributed by atoms with Crippen LogP contribution in [0.1, 0.15) is 109 Å². The van der Waals surface area contributed by atoms with Gasteiger partial charge in [0, 0.05) is 31.5 Å². The molecule has 260 valence electrons. The number of aliphatic hydroxyl groups is 4. The van der Waals surface area contributed by atoms with Gasteiger partial charge in [-0.25, -0.2) is 0 Å². The van der Waals surface area contributed by atoms with Crippen molar-refractivity contribution in [2.75, 3.05) is 19.7 Å². The maximum Gasteiger partial charge on any atom is 0.303 e. The second-order valence-corrected chi connectivity index (χ2v) is 13.3. The molecule has 1 aliphatic heterocycles. The Morgan fingerprint density at radius 2 is 1.78 bits per heavy atom. The van der Waals surface area contributed by atoms with Crippen molar-refractivity contribution in [2.24, 2.45) is 5.92 Å². The van der Waals surface area contributed by atoms with Crippen LogP contribution in [0.3, 0.4) is 0 Å². The molecule has 0 spiro atoms. The van der Waals surface area contributed by atoms with Gasteiger partial charge in [0.25, 0.3) is 0 Å². The van der Waals surface area contributed by atoms with E-state index in [1.165, 1.54) is 5.56 Å². The molecule has 2 rings (SSSR count). The highest BCUT2D eigenvalue weighted by molar-refractivity contribution is 5.80. The first kappa shape index (κ1) is 39.6. The maximum atomic E-state index is 12.2. The van der Waals surface area contributed by atoms with E-state index in [-0.39, 0.29) is 37.3 Å². The van der Waals surface area contributed by atoms with E-state index in [1.54, 1.807) is 6.92 Å². The second kappa shape index (κ2) is 22.1. The Morgan fingerprint density at radius 3 is 2.43 bits per heavy atom. The molecule has 1 fully saturated rings. The lowest BCUT2D eigenvalue weighted by molar-refractivity contribution is -0.137. The number of hydrogen-bond acceptors (Lipinski definition) is 7. The summed E-state index contributed by atoms with van der Waals surface area (Å²) < 4.78 is 0. The fourth-order valence-corrected chi connectivity index (χ4v) is 6.18. The highest BCUT2D eigenvalue weighted by Crippen LogP contribution is 2.28. The standard InChI is InChI=1S/C37H60N2O7/c1-3-4-8-15-31(41)21-20-29(19-18-28-13-9-7-10-14-28)33(24-32(42)26-40)34(16-11-5-6-12-17-35(43)44)39-27-37(2,46)25-30-22-23-38-36(30)45/h7,9-10,13-14,20-21,30-32,34,39-42,46H,3-6,8,11-12,15-19,22-27H2,1-2H3,(H,38,45)(H,43,44)/b21-20+,33-29+/t30-,31-,32-,34-,37-/m0/s1. The molecule has 5 atom stereocenters. The number of hydrogen-bond donors (Lipinski definition) is 7. The first-order valence-corrected chi connectivity index (χ1v) is 17.4. The average Bonchev–Trinajstić information content (AvgIpc) is 3.42. The predicted octanol–water partition coefficient (Wildman–Crippen LogP) is 4.82. The molecule has 7 N–H and O–H groups in total. The minimum absolute atomic E-state index is 0.0318. The zero-order valence-electron chi connectivity index (χ0n) is 28.1. The van der Waals surface area contributed by atoms with E-state index in [0.717, 1.165) is 56.1 Å². The molecule has 9 nitrogen and oxygen atoms in total. The molecule has 1 aliphatic rings. The van der Waals surface area contributed by atoms with Gasteiger partial charge in [0.05, 0.1) is 24.4 Å². The van der Waals surface area contributed by atoms with Crippen molar-refractivity contribution in [1.82, 2.24) is 10.6 Å². The molecule has 9 heteroatoms. The SMILES string of the molecule is CCCCC[C@H](O)/C=C/C(CCc1ccccc1)=C(\C[C@H](O)CO)[C@H](CCCCCCC(=O)O)NC[C@@](C)(O)C[C@@H]1CCNC1=O. The number of nitrogens with one attached hydrogen (secondary N) is 2. The van der Waals surface area contributed by atoms with Crippen molar-refractivity contribution in [2.45, 2.75) is 134 Å². The quantitative estimate of drug-likeness (QED) is 0.0590. The maximum absolute atomic E-state index is 12.2. The normalized spacial score (nSPS) is 19.0. The highest BCUT2D eigenvalue weighted by atomic mass is 16.4. The van der Waals surface area contributed by atoms with Crippen molar-refractivity contribution in [3.05, 3.63) is 59.2 Å². The molecule has 0 unspecified atom stereocenters. The second-order valence-electron chi connectivity index (χ2n) is 13.3. The Bertz CT molecular complexity index is 1070. The lowest BCUT2D eigenvalue weighted by atomic mass is 9.86. The summed E-state index contributed by atoms with van der Waals surface area (Å²) in [4.78, 5) is 23.2. The van der Waals surface area contributed by atoms with Crippen LogP contribution in [0.2, 0.25) is 0 Å². The van der Waals surface area contributed by atoms with Crippen molar-refractivity contribution in [3.63, 3.8) is 0 Å². The molecule has 0 saturated carbocycles. The largest absolute Gasteiger partial charge is 0.481 e. The van der Waals surface area contributed by atoms with Gasteiger partial charge in [-0.1, -0.05) is 87.9 Å². The van der Waals surface area contributed by atoms with E-state index in [4.69, 9.17) is 5.11 Å². The number of amides is 1. The summed E-state index contributed by atoms with van der Waals surface area (Å²) in [6.45, 7) is 4.32. The third-order valence-electron chi connectivity index (χ3n) is 8.86. The van der Waals surface area contributed by atoms with E-state index in [0.29, 0.717) is 45.1 Å². The van der Waals surface area contributed by atoms with Gasteiger partial charge in [-0.05, 0) is 75.0 Å². The van der Waals surface area contributed by atoms with Crippen LogP contribution in [-0.4, -0.2) is 81.0 Å². The number of unbranched alkanes of at least 4 members (excludes halogenated alkanes) is 5. The number of carboxylic acid groups (broad SMARTS) is 1. The van der Waals surface area contributed by atoms with Gasteiger partial charge >= 0.3 is 5.97 Å². The monoisotopic (exact) mass is 644 g/mol. The van der Waals surface area contributed by atoms with Crippen molar-refractivity contribution in [1.29, 1.82) is 0 Å². The summed E-state index contributed by atoms with van der Waals surface area (Å²) in [6, 6.07) is 9.89. The van der Waals surface area contributed by atoms with Gasteiger partial charge in [-0.3, -0.25) is 9.59 Å². The topological polar surface area (TPSA) is 159 Å². The van der Waals surface area contributed by atoms with Crippen LogP contribution < -0.4 is 10.6 Å². The zero-order chi connectivity index (χ0) is 33.8. The minimum atomic E-state index is -1.15. The van der Waals surface area contributed by atoms with Crippen LogP contribution in [0.4, 0.5) is 0 Å². The van der Waals surface area contributed by atoms with Crippen LogP contribution in [0.5, 0.6) is 0 Å². The molecule has 0 radical (unpaired) electrons. The molecular formula is C37H60N2O7. The Labute approximate surface area is 276 Å². The number of carboxylic acids is 1. The molecule has 1 aromatic carbocycles. The summed E-state index contributed by atoms with van der Waals surface area (Å²) >= 11 is 0. The molecular weight excluding hydrogens is 584 g/mol. The number of benzene rings is 1. The fraction of sp³-hybridized carbons (Fsp3) is 0.676. The molecule has 0 aromatic heterocycles. The van der Waals surface area contributed by atoms with Crippen molar-refractivity contribution in [3.8, 4) is 0 Å². The molecule has 0 bridgehead atoms. The predicted molar refractivity (Wildman–Crippen MR) is 182 cm³/mol. The Kier molecular flexibility index (Phi) is 19.0. The Hall–Kier alpha value is -2.56. The number of aliphatic carboxylic acids is 1. The minimum Gasteiger partial charge on any atom is -0.481 e. The number of carbonyl (C=O) groups is 2. The van der Waals surface area contributed by atoms with E-state index in [1.807, 2.05) is 30.4 Å². The summed E-state index contributed by atoms with van der Waals surface area (Å²) in [5.41, 5.74) is 1.92. The zero-order valence-corrected chi connectivity index (χ0v) is 28.1. The first-order chi connectivity index (χ1) is 22.0. The number of rotatable bonds is 25.